The Morgan fingerprint density at radius 2 is 0.974 bits per heavy atom. The van der Waals surface area contributed by atoms with Crippen LogP contribution in [0.5, 0.6) is 28.7 Å². The molecule has 0 aliphatic carbocycles. The van der Waals surface area contributed by atoms with Crippen molar-refractivity contribution in [3.8, 4) is 28.7 Å². The molecule has 0 bridgehead atoms. The van der Waals surface area contributed by atoms with Gasteiger partial charge in [0.1, 0.15) is 5.75 Å². The summed E-state index contributed by atoms with van der Waals surface area (Å²) in [6, 6.07) is 8.10. The molecule has 2 aromatic carbocycles. The summed E-state index contributed by atoms with van der Waals surface area (Å²) in [6.07, 6.45) is 3.70. The zero-order chi connectivity index (χ0) is 29.1. The van der Waals surface area contributed by atoms with Gasteiger partial charge in [-0.15, -0.1) is 0 Å². The van der Waals surface area contributed by atoms with Crippen molar-refractivity contribution in [1.29, 1.82) is 0 Å². The van der Waals surface area contributed by atoms with E-state index in [0.717, 1.165) is 24.3 Å². The smallest absolute Gasteiger partial charge is 0.339 e. The van der Waals surface area contributed by atoms with Gasteiger partial charge in [0.25, 0.3) is 0 Å². The summed E-state index contributed by atoms with van der Waals surface area (Å²) in [7, 11) is 0. The Balaban J connectivity index is 2.39. The number of rotatable bonds is 11. The number of carbonyl (C=O) groups excluding carboxylic acids is 5. The van der Waals surface area contributed by atoms with Gasteiger partial charge in [0.15, 0.2) is 23.0 Å². The monoisotopic (exact) mass is 532 g/mol. The molecule has 0 N–H and O–H groups in total. The highest BCUT2D eigenvalue weighted by Gasteiger charge is 2.18. The van der Waals surface area contributed by atoms with Crippen molar-refractivity contribution in [3.63, 3.8) is 0 Å². The van der Waals surface area contributed by atoms with Crippen molar-refractivity contribution in [3.05, 3.63) is 98.2 Å². The Morgan fingerprint density at radius 1 is 0.564 bits per heavy atom. The van der Waals surface area contributed by atoms with E-state index >= 15 is 0 Å². The van der Waals surface area contributed by atoms with Crippen molar-refractivity contribution >= 4 is 35.4 Å². The van der Waals surface area contributed by atoms with Gasteiger partial charge in [0.05, 0.1) is 0 Å². The van der Waals surface area contributed by atoms with E-state index in [1.165, 1.54) is 37.3 Å². The Bertz CT molecular complexity index is 1410. The highest BCUT2D eigenvalue weighted by Crippen LogP contribution is 2.34. The number of benzene rings is 2. The van der Waals surface area contributed by atoms with E-state index in [0.29, 0.717) is 11.1 Å². The average Bonchev–Trinajstić information content (AvgIpc) is 2.93. The normalized spacial score (nSPS) is 10.6. The van der Waals surface area contributed by atoms with Crippen LogP contribution in [0.3, 0.4) is 0 Å². The standard InChI is InChI=1S/C29H24O10/c1-7-25(30)36-21-13-11-19(15-23(21)38-27(32)9-3)17(5)18(6)29(34)35-20-12-14-22(37-26(31)8-2)24(16-20)39-28(33)10-4/h7-16H,1-4H2,5-6H3. The molecular weight excluding hydrogens is 508 g/mol. The third kappa shape index (κ3) is 8.25. The van der Waals surface area contributed by atoms with Crippen LogP contribution in [-0.2, 0) is 24.0 Å². The van der Waals surface area contributed by atoms with Crippen molar-refractivity contribution in [1.82, 2.24) is 0 Å². The number of hydrogen-bond acceptors (Lipinski definition) is 10. The van der Waals surface area contributed by atoms with Gasteiger partial charge in [-0.2, -0.15) is 0 Å². The second kappa shape index (κ2) is 13.7. The second-order valence-corrected chi connectivity index (χ2v) is 7.41. The molecular formula is C29H24O10. The van der Waals surface area contributed by atoms with Crippen molar-refractivity contribution < 1.29 is 47.7 Å². The fourth-order valence-electron chi connectivity index (χ4n) is 2.77. The van der Waals surface area contributed by atoms with Gasteiger partial charge in [-0.1, -0.05) is 32.4 Å². The first kappa shape index (κ1) is 29.7. The van der Waals surface area contributed by atoms with Crippen LogP contribution in [0.2, 0.25) is 0 Å². The summed E-state index contributed by atoms with van der Waals surface area (Å²) in [4.78, 5) is 59.6. The van der Waals surface area contributed by atoms with Gasteiger partial charge in [0, 0.05) is 35.9 Å². The number of esters is 5. The first-order valence-corrected chi connectivity index (χ1v) is 11.1. The maximum atomic E-state index is 12.9. The van der Waals surface area contributed by atoms with Crippen LogP contribution in [0.1, 0.15) is 19.4 Å². The van der Waals surface area contributed by atoms with Crippen LogP contribution in [0.25, 0.3) is 5.57 Å². The third-order valence-corrected chi connectivity index (χ3v) is 4.88. The molecule has 0 aliphatic heterocycles. The highest BCUT2D eigenvalue weighted by molar-refractivity contribution is 5.98. The highest BCUT2D eigenvalue weighted by atomic mass is 16.6. The van der Waals surface area contributed by atoms with E-state index < -0.39 is 29.8 Å². The topological polar surface area (TPSA) is 132 Å². The number of hydrogen-bond donors (Lipinski definition) is 0. The van der Waals surface area contributed by atoms with Gasteiger partial charge in [-0.3, -0.25) is 0 Å². The molecule has 0 radical (unpaired) electrons. The molecule has 2 rings (SSSR count). The maximum Gasteiger partial charge on any atom is 0.339 e. The van der Waals surface area contributed by atoms with E-state index in [4.69, 9.17) is 23.7 Å². The summed E-state index contributed by atoms with van der Waals surface area (Å²) in [5.41, 5.74) is 1.05. The van der Waals surface area contributed by atoms with Gasteiger partial charge in [0.2, 0.25) is 0 Å². The predicted octanol–water partition coefficient (Wildman–Crippen LogP) is 4.45. The minimum atomic E-state index is -0.837. The van der Waals surface area contributed by atoms with Crippen molar-refractivity contribution in [2.24, 2.45) is 0 Å². The summed E-state index contributed by atoms with van der Waals surface area (Å²) >= 11 is 0. The van der Waals surface area contributed by atoms with Crippen LogP contribution in [0, 0.1) is 0 Å². The van der Waals surface area contributed by atoms with Crippen molar-refractivity contribution in [2.75, 3.05) is 0 Å². The molecule has 0 saturated carbocycles. The summed E-state index contributed by atoms with van der Waals surface area (Å²) in [5, 5.41) is 0. The third-order valence-electron chi connectivity index (χ3n) is 4.88. The zero-order valence-electron chi connectivity index (χ0n) is 21.2. The van der Waals surface area contributed by atoms with Crippen LogP contribution in [0.15, 0.2) is 92.6 Å². The molecule has 0 fully saturated rings. The molecule has 200 valence electrons. The first-order valence-electron chi connectivity index (χ1n) is 11.1. The predicted molar refractivity (Wildman–Crippen MR) is 140 cm³/mol. The Morgan fingerprint density at radius 3 is 1.44 bits per heavy atom. The van der Waals surface area contributed by atoms with Crippen LogP contribution >= 0.6 is 0 Å². The van der Waals surface area contributed by atoms with Crippen LogP contribution in [-0.4, -0.2) is 29.8 Å². The summed E-state index contributed by atoms with van der Waals surface area (Å²) in [5.74, 6) is -4.44. The molecule has 10 heteroatoms. The lowest BCUT2D eigenvalue weighted by Gasteiger charge is -2.13. The molecule has 0 aromatic heterocycles. The van der Waals surface area contributed by atoms with Gasteiger partial charge in [-0.25, -0.2) is 24.0 Å². The fourth-order valence-corrected chi connectivity index (χ4v) is 2.77. The Labute approximate surface area is 224 Å². The maximum absolute atomic E-state index is 12.9. The second-order valence-electron chi connectivity index (χ2n) is 7.41. The quantitative estimate of drug-likeness (QED) is 0.232. The van der Waals surface area contributed by atoms with Crippen LogP contribution < -0.4 is 23.7 Å². The lowest BCUT2D eigenvalue weighted by atomic mass is 10.0. The molecule has 39 heavy (non-hydrogen) atoms. The van der Waals surface area contributed by atoms with Crippen LogP contribution in [0.4, 0.5) is 0 Å². The average molecular weight is 533 g/mol. The van der Waals surface area contributed by atoms with E-state index in [9.17, 15) is 24.0 Å². The van der Waals surface area contributed by atoms with E-state index in [1.807, 2.05) is 0 Å². The number of ether oxygens (including phenoxy) is 5. The van der Waals surface area contributed by atoms with E-state index in [-0.39, 0.29) is 34.3 Å². The minimum Gasteiger partial charge on any atom is -0.423 e. The SMILES string of the molecule is C=CC(=O)Oc1ccc(OC(=O)C(C)=C(C)c2ccc(OC(=O)C=C)c(OC(=O)C=C)c2)cc1OC(=O)C=C. The minimum absolute atomic E-state index is 0.0234. The van der Waals surface area contributed by atoms with Gasteiger partial charge < -0.3 is 23.7 Å². The number of carbonyl (C=O) groups is 5. The van der Waals surface area contributed by atoms with E-state index in [2.05, 4.69) is 26.3 Å². The molecule has 0 aliphatic rings. The summed E-state index contributed by atoms with van der Waals surface area (Å²) < 4.78 is 25.8. The number of allylic oxidation sites excluding steroid dienone is 1. The first-order chi connectivity index (χ1) is 18.5. The molecule has 2 aromatic rings. The molecule has 0 spiro atoms. The molecule has 0 heterocycles. The molecule has 0 amide bonds. The largest absolute Gasteiger partial charge is 0.423 e. The van der Waals surface area contributed by atoms with Crippen molar-refractivity contribution in [2.45, 2.75) is 13.8 Å². The van der Waals surface area contributed by atoms with Gasteiger partial charge >= 0.3 is 29.8 Å². The fraction of sp³-hybridized carbons (Fsp3) is 0.0690. The Kier molecular flexibility index (Phi) is 10.4. The lowest BCUT2D eigenvalue weighted by molar-refractivity contribution is -0.131. The molecule has 10 nitrogen and oxygen atoms in total. The zero-order valence-corrected chi connectivity index (χ0v) is 21.2. The summed E-state index contributed by atoms with van der Waals surface area (Å²) in [6.45, 7) is 16.4. The molecule has 0 atom stereocenters. The molecule has 0 unspecified atom stereocenters. The van der Waals surface area contributed by atoms with E-state index in [1.54, 1.807) is 13.0 Å². The van der Waals surface area contributed by atoms with Gasteiger partial charge in [-0.05, 0) is 49.2 Å². The molecule has 0 saturated heterocycles. The Hall–Kier alpha value is -5.51. The lowest BCUT2D eigenvalue weighted by Crippen LogP contribution is -2.12.